The van der Waals surface area contributed by atoms with E-state index in [4.69, 9.17) is 0 Å². The first kappa shape index (κ1) is 11.5. The van der Waals surface area contributed by atoms with Gasteiger partial charge in [-0.25, -0.2) is 0 Å². The molecule has 100 valence electrons. The molecular weight excluding hydrogens is 274 g/mol. The largest absolute Gasteiger partial charge is 0.295 e. The number of anilines is 1. The quantitative estimate of drug-likeness (QED) is 0.774. The van der Waals surface area contributed by atoms with Crippen LogP contribution in [-0.2, 0) is 0 Å². The maximum atomic E-state index is 12.2. The molecule has 1 aromatic carbocycles. The Hall–Kier alpha value is -2.28. The number of hydrogen-bond donors (Lipinski definition) is 2. The molecule has 20 heavy (non-hydrogen) atoms. The zero-order valence-corrected chi connectivity index (χ0v) is 11.3. The number of aromatic amines is 1. The van der Waals surface area contributed by atoms with Gasteiger partial charge in [0.1, 0.15) is 5.01 Å². The summed E-state index contributed by atoms with van der Waals surface area (Å²) in [6, 6.07) is 7.53. The molecule has 0 bridgehead atoms. The zero-order valence-electron chi connectivity index (χ0n) is 10.5. The summed E-state index contributed by atoms with van der Waals surface area (Å²) in [7, 11) is 0. The molecule has 1 aliphatic rings. The molecule has 0 radical (unpaired) electrons. The average Bonchev–Trinajstić information content (AvgIpc) is 3.06. The van der Waals surface area contributed by atoms with Crippen molar-refractivity contribution in [2.24, 2.45) is 0 Å². The van der Waals surface area contributed by atoms with Crippen LogP contribution < -0.4 is 5.32 Å². The van der Waals surface area contributed by atoms with Gasteiger partial charge in [0.15, 0.2) is 5.69 Å². The molecule has 0 saturated heterocycles. The Morgan fingerprint density at radius 3 is 3.00 bits per heavy atom. The summed E-state index contributed by atoms with van der Waals surface area (Å²) in [5, 5.41) is 20.1. The van der Waals surface area contributed by atoms with Crippen molar-refractivity contribution in [2.45, 2.75) is 18.8 Å². The van der Waals surface area contributed by atoms with Gasteiger partial charge in [0.25, 0.3) is 5.91 Å². The maximum absolute atomic E-state index is 12.2. The Kier molecular flexibility index (Phi) is 2.53. The highest BCUT2D eigenvalue weighted by Crippen LogP contribution is 2.42. The molecule has 1 aliphatic carbocycles. The molecule has 0 spiro atoms. The SMILES string of the molecule is O=C(Nc1nnc(C2CC2)s1)c1n[nH]c2ccccc12. The van der Waals surface area contributed by atoms with E-state index in [2.05, 4.69) is 25.7 Å². The number of nitrogens with zero attached hydrogens (tertiary/aromatic N) is 3. The third kappa shape index (κ3) is 1.96. The summed E-state index contributed by atoms with van der Waals surface area (Å²) >= 11 is 1.44. The molecule has 0 unspecified atom stereocenters. The number of aromatic nitrogens is 4. The summed E-state index contributed by atoms with van der Waals surface area (Å²) in [5.41, 5.74) is 1.22. The molecule has 3 aromatic rings. The second-order valence-corrected chi connectivity index (χ2v) is 5.80. The predicted octanol–water partition coefficient (Wildman–Crippen LogP) is 2.54. The van der Waals surface area contributed by atoms with Gasteiger partial charge in [0, 0.05) is 11.3 Å². The van der Waals surface area contributed by atoms with Crippen molar-refractivity contribution in [3.05, 3.63) is 35.0 Å². The molecule has 0 aliphatic heterocycles. The molecule has 4 rings (SSSR count). The van der Waals surface area contributed by atoms with Crippen molar-refractivity contribution in [3.8, 4) is 0 Å². The van der Waals surface area contributed by atoms with E-state index in [1.807, 2.05) is 24.3 Å². The van der Waals surface area contributed by atoms with Crippen molar-refractivity contribution in [1.82, 2.24) is 20.4 Å². The number of nitrogens with one attached hydrogen (secondary N) is 2. The third-order valence-electron chi connectivity index (χ3n) is 3.27. The molecule has 7 heteroatoms. The first-order chi connectivity index (χ1) is 9.81. The van der Waals surface area contributed by atoms with E-state index in [1.54, 1.807) is 0 Å². The van der Waals surface area contributed by atoms with E-state index >= 15 is 0 Å². The number of carbonyl (C=O) groups excluding carboxylic acids is 1. The van der Waals surface area contributed by atoms with E-state index in [9.17, 15) is 4.79 Å². The number of benzene rings is 1. The van der Waals surface area contributed by atoms with Gasteiger partial charge in [0.05, 0.1) is 5.52 Å². The Labute approximate surface area is 118 Å². The van der Waals surface area contributed by atoms with E-state index in [1.165, 1.54) is 24.2 Å². The van der Waals surface area contributed by atoms with Crippen molar-refractivity contribution >= 4 is 33.3 Å². The molecule has 2 heterocycles. The Morgan fingerprint density at radius 1 is 1.30 bits per heavy atom. The number of para-hydroxylation sites is 1. The normalized spacial score (nSPS) is 14.6. The molecule has 2 aromatic heterocycles. The van der Waals surface area contributed by atoms with Crippen LogP contribution in [0.1, 0.15) is 34.3 Å². The molecule has 1 amide bonds. The molecule has 1 fully saturated rings. The molecule has 0 atom stereocenters. The van der Waals surface area contributed by atoms with Crippen LogP contribution in [0.2, 0.25) is 0 Å². The van der Waals surface area contributed by atoms with Gasteiger partial charge < -0.3 is 0 Å². The van der Waals surface area contributed by atoms with Crippen molar-refractivity contribution in [1.29, 1.82) is 0 Å². The van der Waals surface area contributed by atoms with E-state index in [0.717, 1.165) is 15.9 Å². The lowest BCUT2D eigenvalue weighted by Gasteiger charge is -1.97. The highest BCUT2D eigenvalue weighted by Gasteiger charge is 2.28. The lowest BCUT2D eigenvalue weighted by Crippen LogP contribution is -2.12. The van der Waals surface area contributed by atoms with Gasteiger partial charge in [-0.05, 0) is 18.9 Å². The monoisotopic (exact) mass is 285 g/mol. The highest BCUT2D eigenvalue weighted by molar-refractivity contribution is 7.15. The number of fused-ring (bicyclic) bond motifs is 1. The predicted molar refractivity (Wildman–Crippen MR) is 75.9 cm³/mol. The topological polar surface area (TPSA) is 83.6 Å². The molecule has 2 N–H and O–H groups in total. The van der Waals surface area contributed by atoms with Crippen LogP contribution in [-0.4, -0.2) is 26.3 Å². The fourth-order valence-electron chi connectivity index (χ4n) is 2.07. The smallest absolute Gasteiger partial charge is 0.278 e. The van der Waals surface area contributed by atoms with E-state index in [-0.39, 0.29) is 5.91 Å². The van der Waals surface area contributed by atoms with Crippen LogP contribution >= 0.6 is 11.3 Å². The second kappa shape index (κ2) is 4.38. The Balaban J connectivity index is 1.59. The fraction of sp³-hybridized carbons (Fsp3) is 0.231. The van der Waals surface area contributed by atoms with Crippen LogP contribution in [0.3, 0.4) is 0 Å². The van der Waals surface area contributed by atoms with Crippen LogP contribution in [0, 0.1) is 0 Å². The van der Waals surface area contributed by atoms with Gasteiger partial charge in [-0.2, -0.15) is 5.10 Å². The molecule has 6 nitrogen and oxygen atoms in total. The number of rotatable bonds is 3. The highest BCUT2D eigenvalue weighted by atomic mass is 32.1. The van der Waals surface area contributed by atoms with Gasteiger partial charge in [-0.15, -0.1) is 10.2 Å². The minimum atomic E-state index is -0.263. The maximum Gasteiger partial charge on any atom is 0.278 e. The van der Waals surface area contributed by atoms with Gasteiger partial charge in [-0.3, -0.25) is 15.2 Å². The average molecular weight is 285 g/mol. The first-order valence-electron chi connectivity index (χ1n) is 6.39. The van der Waals surface area contributed by atoms with E-state index in [0.29, 0.717) is 16.7 Å². The standard InChI is InChI=1S/C13H11N5OS/c19-11(10-8-3-1-2-4-9(8)15-16-10)14-13-18-17-12(20-13)7-5-6-7/h1-4,7H,5-6H2,(H,15,16)(H,14,18,19). The van der Waals surface area contributed by atoms with Gasteiger partial charge >= 0.3 is 0 Å². The van der Waals surface area contributed by atoms with Gasteiger partial charge in [0.2, 0.25) is 5.13 Å². The minimum Gasteiger partial charge on any atom is -0.295 e. The van der Waals surface area contributed by atoms with Gasteiger partial charge in [-0.1, -0.05) is 29.5 Å². The number of hydrogen-bond acceptors (Lipinski definition) is 5. The van der Waals surface area contributed by atoms with Crippen molar-refractivity contribution < 1.29 is 4.79 Å². The van der Waals surface area contributed by atoms with Crippen LogP contribution in [0.15, 0.2) is 24.3 Å². The lowest BCUT2D eigenvalue weighted by molar-refractivity contribution is 0.102. The Morgan fingerprint density at radius 2 is 2.15 bits per heavy atom. The van der Waals surface area contributed by atoms with Crippen LogP contribution in [0.5, 0.6) is 0 Å². The second-order valence-electron chi connectivity index (χ2n) is 4.79. The minimum absolute atomic E-state index is 0.263. The van der Waals surface area contributed by atoms with Crippen molar-refractivity contribution in [2.75, 3.05) is 5.32 Å². The first-order valence-corrected chi connectivity index (χ1v) is 7.21. The summed E-state index contributed by atoms with van der Waals surface area (Å²) in [6.45, 7) is 0. The molecule has 1 saturated carbocycles. The Bertz CT molecular complexity index is 789. The van der Waals surface area contributed by atoms with E-state index < -0.39 is 0 Å². The fourth-order valence-corrected chi connectivity index (χ4v) is 2.98. The number of H-pyrrole nitrogens is 1. The summed E-state index contributed by atoms with van der Waals surface area (Å²) < 4.78 is 0. The molecular formula is C13H11N5OS. The zero-order chi connectivity index (χ0) is 13.5. The lowest BCUT2D eigenvalue weighted by atomic mass is 10.2. The summed E-state index contributed by atoms with van der Waals surface area (Å²) in [5.74, 6) is 0.283. The number of carbonyl (C=O) groups is 1. The van der Waals surface area contributed by atoms with Crippen LogP contribution in [0.4, 0.5) is 5.13 Å². The van der Waals surface area contributed by atoms with Crippen molar-refractivity contribution in [3.63, 3.8) is 0 Å². The third-order valence-corrected chi connectivity index (χ3v) is 4.27. The van der Waals surface area contributed by atoms with Crippen LogP contribution in [0.25, 0.3) is 10.9 Å². The summed E-state index contributed by atoms with van der Waals surface area (Å²) in [4.78, 5) is 12.2. The number of amides is 1. The summed E-state index contributed by atoms with van der Waals surface area (Å²) in [6.07, 6.45) is 2.35.